The fraction of sp³-hybridized carbons (Fsp3) is 0.333. The van der Waals surface area contributed by atoms with Crippen molar-refractivity contribution in [3.8, 4) is 0 Å². The van der Waals surface area contributed by atoms with E-state index in [2.05, 4.69) is 15.3 Å². The zero-order valence-corrected chi connectivity index (χ0v) is 16.5. The fourth-order valence-corrected chi connectivity index (χ4v) is 3.83. The van der Waals surface area contributed by atoms with Gasteiger partial charge in [0.2, 0.25) is 0 Å². The fourth-order valence-electron chi connectivity index (χ4n) is 3.08. The van der Waals surface area contributed by atoms with Crippen LogP contribution < -0.4 is 10.9 Å². The molecule has 0 spiro atoms. The summed E-state index contributed by atoms with van der Waals surface area (Å²) in [7, 11) is 0. The van der Waals surface area contributed by atoms with E-state index in [9.17, 15) is 4.79 Å². The first-order valence-corrected chi connectivity index (χ1v) is 10.1. The Bertz CT molecular complexity index is 888. The summed E-state index contributed by atoms with van der Waals surface area (Å²) in [6.07, 6.45) is 11.8. The summed E-state index contributed by atoms with van der Waals surface area (Å²) in [6.45, 7) is 5.42. The Morgan fingerprint density at radius 3 is 3.04 bits per heavy atom. The molecule has 0 amide bonds. The van der Waals surface area contributed by atoms with Crippen molar-refractivity contribution in [1.29, 1.82) is 0 Å². The Labute approximate surface area is 163 Å². The minimum Gasteiger partial charge on any atom is -0.376 e. The van der Waals surface area contributed by atoms with E-state index in [1.54, 1.807) is 11.3 Å². The Morgan fingerprint density at radius 1 is 1.48 bits per heavy atom. The minimum absolute atomic E-state index is 0.157. The monoisotopic (exact) mass is 383 g/mol. The number of allylic oxidation sites excluding steroid dienone is 5. The second-order valence-corrected chi connectivity index (χ2v) is 7.24. The van der Waals surface area contributed by atoms with Gasteiger partial charge in [0.15, 0.2) is 0 Å². The Morgan fingerprint density at radius 2 is 2.37 bits per heavy atom. The molecule has 0 saturated carbocycles. The van der Waals surface area contributed by atoms with Gasteiger partial charge in [0.05, 0.1) is 18.0 Å². The van der Waals surface area contributed by atoms with Crippen LogP contribution in [-0.2, 0) is 4.74 Å². The third-order valence-corrected chi connectivity index (χ3v) is 5.34. The number of anilines is 1. The maximum absolute atomic E-state index is 12.8. The second-order valence-electron chi connectivity index (χ2n) is 6.30. The Kier molecular flexibility index (Phi) is 6.79. The van der Waals surface area contributed by atoms with E-state index in [1.165, 1.54) is 6.33 Å². The van der Waals surface area contributed by atoms with Gasteiger partial charge in [-0.1, -0.05) is 24.3 Å². The van der Waals surface area contributed by atoms with Crippen LogP contribution in [0.4, 0.5) is 5.82 Å². The predicted molar refractivity (Wildman–Crippen MR) is 112 cm³/mol. The summed E-state index contributed by atoms with van der Waals surface area (Å²) >= 11 is 1.60. The topological polar surface area (TPSA) is 67.0 Å². The molecule has 2 N–H and O–H groups in total. The lowest BCUT2D eigenvalue weighted by molar-refractivity contribution is 0.120. The molecule has 3 heterocycles. The van der Waals surface area contributed by atoms with Crippen LogP contribution in [0, 0.1) is 0 Å². The standard InChI is InChI=1S/C21H25N3O2S/c1-3-7-15(4-2)12-17(18-9-6-11-27-18)19-20(23-14-24-21(19)25)22-13-16-8-5-10-26-16/h3-4,6-7,9,11-12,14,16H,5,8,10,13H2,1-2H3,(H2,22,23,24,25)/b7-3-,15-4+,17-12+. The molecule has 1 aliphatic heterocycles. The molecule has 2 aromatic heterocycles. The molecule has 0 aromatic carbocycles. The number of hydrogen-bond acceptors (Lipinski definition) is 5. The van der Waals surface area contributed by atoms with Gasteiger partial charge in [-0.15, -0.1) is 11.3 Å². The third kappa shape index (κ3) is 4.84. The molecule has 0 radical (unpaired) electrons. The first-order valence-electron chi connectivity index (χ1n) is 9.21. The Hall–Kier alpha value is -2.44. The van der Waals surface area contributed by atoms with Crippen molar-refractivity contribution < 1.29 is 4.74 Å². The van der Waals surface area contributed by atoms with E-state index in [4.69, 9.17) is 4.74 Å². The van der Waals surface area contributed by atoms with E-state index < -0.39 is 0 Å². The van der Waals surface area contributed by atoms with E-state index in [0.717, 1.165) is 35.5 Å². The van der Waals surface area contributed by atoms with Crippen molar-refractivity contribution >= 4 is 22.7 Å². The molecular formula is C21H25N3O2S. The van der Waals surface area contributed by atoms with Crippen molar-refractivity contribution in [2.24, 2.45) is 0 Å². The summed E-state index contributed by atoms with van der Waals surface area (Å²) in [5.74, 6) is 0.588. The van der Waals surface area contributed by atoms with Crippen LogP contribution in [0.2, 0.25) is 0 Å². The molecule has 6 heteroatoms. The number of rotatable bonds is 7. The van der Waals surface area contributed by atoms with Gasteiger partial charge in [0.25, 0.3) is 5.56 Å². The lowest BCUT2D eigenvalue weighted by Crippen LogP contribution is -2.23. The average Bonchev–Trinajstić information content (AvgIpc) is 3.38. The van der Waals surface area contributed by atoms with Gasteiger partial charge in [0, 0.05) is 23.6 Å². The highest BCUT2D eigenvalue weighted by molar-refractivity contribution is 7.11. The van der Waals surface area contributed by atoms with Gasteiger partial charge in [-0.2, -0.15) is 0 Å². The molecule has 1 fully saturated rings. The lowest BCUT2D eigenvalue weighted by Gasteiger charge is -2.15. The number of hydrogen-bond donors (Lipinski definition) is 2. The summed E-state index contributed by atoms with van der Waals surface area (Å²) < 4.78 is 5.68. The summed E-state index contributed by atoms with van der Waals surface area (Å²) in [5.41, 5.74) is 2.30. The van der Waals surface area contributed by atoms with Gasteiger partial charge in [-0.25, -0.2) is 4.98 Å². The highest BCUT2D eigenvalue weighted by atomic mass is 32.1. The van der Waals surface area contributed by atoms with Crippen LogP contribution in [0.25, 0.3) is 5.57 Å². The summed E-state index contributed by atoms with van der Waals surface area (Å²) in [6, 6.07) is 4.01. The molecule has 2 aromatic rings. The molecule has 0 aliphatic carbocycles. The van der Waals surface area contributed by atoms with E-state index in [1.807, 2.05) is 55.7 Å². The normalized spacial score (nSPS) is 18.4. The van der Waals surface area contributed by atoms with Gasteiger partial charge >= 0.3 is 0 Å². The van der Waals surface area contributed by atoms with Crippen LogP contribution in [-0.4, -0.2) is 29.2 Å². The van der Waals surface area contributed by atoms with Gasteiger partial charge in [0.1, 0.15) is 5.82 Å². The van der Waals surface area contributed by atoms with Crippen molar-refractivity contribution in [2.45, 2.75) is 32.8 Å². The molecule has 0 bridgehead atoms. The summed E-state index contributed by atoms with van der Waals surface area (Å²) in [5, 5.41) is 5.34. The molecule has 142 valence electrons. The van der Waals surface area contributed by atoms with E-state index in [-0.39, 0.29) is 11.7 Å². The molecular weight excluding hydrogens is 358 g/mol. The van der Waals surface area contributed by atoms with E-state index in [0.29, 0.717) is 17.9 Å². The summed E-state index contributed by atoms with van der Waals surface area (Å²) in [4.78, 5) is 20.9. The molecule has 1 unspecified atom stereocenters. The van der Waals surface area contributed by atoms with Crippen molar-refractivity contribution in [1.82, 2.24) is 9.97 Å². The first kappa shape index (κ1) is 19.3. The van der Waals surface area contributed by atoms with Crippen molar-refractivity contribution in [2.75, 3.05) is 18.5 Å². The molecule has 1 saturated heterocycles. The maximum atomic E-state index is 12.8. The van der Waals surface area contributed by atoms with Crippen molar-refractivity contribution in [3.63, 3.8) is 0 Å². The number of nitrogens with zero attached hydrogens (tertiary/aromatic N) is 1. The smallest absolute Gasteiger partial charge is 0.260 e. The molecule has 1 atom stereocenters. The minimum atomic E-state index is -0.157. The van der Waals surface area contributed by atoms with Gasteiger partial charge < -0.3 is 15.0 Å². The average molecular weight is 384 g/mol. The maximum Gasteiger partial charge on any atom is 0.260 e. The number of nitrogens with one attached hydrogen (secondary N) is 2. The molecule has 3 rings (SSSR count). The predicted octanol–water partition coefficient (Wildman–Crippen LogP) is 4.38. The largest absolute Gasteiger partial charge is 0.376 e. The van der Waals surface area contributed by atoms with Crippen LogP contribution in [0.15, 0.2) is 58.5 Å². The van der Waals surface area contributed by atoms with Crippen LogP contribution in [0.3, 0.4) is 0 Å². The number of aromatic amines is 1. The van der Waals surface area contributed by atoms with Gasteiger partial charge in [-0.3, -0.25) is 4.79 Å². The van der Waals surface area contributed by atoms with Crippen LogP contribution in [0.1, 0.15) is 37.1 Å². The zero-order chi connectivity index (χ0) is 19.1. The zero-order valence-electron chi connectivity index (χ0n) is 15.7. The first-order chi connectivity index (χ1) is 13.2. The van der Waals surface area contributed by atoms with Gasteiger partial charge in [-0.05, 0) is 49.8 Å². The van der Waals surface area contributed by atoms with E-state index >= 15 is 0 Å². The lowest BCUT2D eigenvalue weighted by atomic mass is 10.0. The highest BCUT2D eigenvalue weighted by Gasteiger charge is 2.20. The Balaban J connectivity index is 2.03. The SMILES string of the molecule is C\C=C/C(/C=C(\c1cccs1)c1c(NCC2CCCO2)nc[nH]c1=O)=C\C. The number of thiophene rings is 1. The molecule has 27 heavy (non-hydrogen) atoms. The third-order valence-electron chi connectivity index (χ3n) is 4.43. The number of aromatic nitrogens is 2. The van der Waals surface area contributed by atoms with Crippen LogP contribution >= 0.6 is 11.3 Å². The van der Waals surface area contributed by atoms with Crippen molar-refractivity contribution in [3.05, 3.63) is 74.5 Å². The number of ether oxygens (including phenoxy) is 1. The molecule has 5 nitrogen and oxygen atoms in total. The molecule has 1 aliphatic rings. The number of H-pyrrole nitrogens is 1. The van der Waals surface area contributed by atoms with Crippen LogP contribution in [0.5, 0.6) is 0 Å². The quantitative estimate of drug-likeness (QED) is 0.697. The highest BCUT2D eigenvalue weighted by Crippen LogP contribution is 2.30. The second kappa shape index (κ2) is 9.48.